The average Bonchev–Trinajstić information content (AvgIpc) is 2.78. The monoisotopic (exact) mass is 258 g/mol. The smallest absolute Gasteiger partial charge is 0.112 e. The van der Waals surface area contributed by atoms with Crippen LogP contribution in [0.3, 0.4) is 0 Å². The van der Waals surface area contributed by atoms with E-state index in [2.05, 4.69) is 29.8 Å². The number of benzene rings is 1. The quantitative estimate of drug-likeness (QED) is 0.918. The molecule has 1 aliphatic rings. The Hall–Kier alpha value is -1.35. The summed E-state index contributed by atoms with van der Waals surface area (Å²) >= 11 is 0. The number of aryl methyl sites for hydroxylation is 1. The van der Waals surface area contributed by atoms with Crippen molar-refractivity contribution >= 4 is 11.0 Å². The molecule has 3 nitrogen and oxygen atoms in total. The van der Waals surface area contributed by atoms with Gasteiger partial charge in [0.05, 0.1) is 11.0 Å². The van der Waals surface area contributed by atoms with Crippen LogP contribution in [0.2, 0.25) is 0 Å². The van der Waals surface area contributed by atoms with E-state index in [9.17, 15) is 0 Å². The summed E-state index contributed by atoms with van der Waals surface area (Å²) in [5.41, 5.74) is 3.48. The van der Waals surface area contributed by atoms with Gasteiger partial charge in [-0.1, -0.05) is 25.3 Å². The van der Waals surface area contributed by atoms with Crippen molar-refractivity contribution in [2.45, 2.75) is 44.4 Å². The van der Waals surface area contributed by atoms with Crippen LogP contribution in [0.4, 0.5) is 0 Å². The van der Waals surface area contributed by atoms with Gasteiger partial charge in [-0.05, 0) is 37.0 Å². The van der Waals surface area contributed by atoms with E-state index in [-0.39, 0.29) is 6.61 Å². The maximum atomic E-state index is 9.05. The Labute approximate surface area is 114 Å². The van der Waals surface area contributed by atoms with Gasteiger partial charge in [-0.25, -0.2) is 4.98 Å². The molecule has 1 N–H and O–H groups in total. The lowest BCUT2D eigenvalue weighted by Gasteiger charge is -2.21. The molecule has 0 unspecified atom stereocenters. The Balaban J connectivity index is 1.99. The highest BCUT2D eigenvalue weighted by Gasteiger charge is 2.21. The van der Waals surface area contributed by atoms with Gasteiger partial charge in [0.15, 0.2) is 0 Å². The van der Waals surface area contributed by atoms with Crippen molar-refractivity contribution in [2.75, 3.05) is 6.61 Å². The Morgan fingerprint density at radius 1 is 1.26 bits per heavy atom. The summed E-state index contributed by atoms with van der Waals surface area (Å²) < 4.78 is 2.26. The van der Waals surface area contributed by atoms with Gasteiger partial charge in [-0.15, -0.1) is 0 Å². The lowest BCUT2D eigenvalue weighted by molar-refractivity contribution is 0.299. The molecule has 0 saturated heterocycles. The second-order valence-electron chi connectivity index (χ2n) is 5.66. The molecule has 0 radical (unpaired) electrons. The van der Waals surface area contributed by atoms with Crippen LogP contribution in [0.25, 0.3) is 11.0 Å². The molecular formula is C16H22N2O. The van der Waals surface area contributed by atoms with E-state index in [0.29, 0.717) is 5.92 Å². The number of aromatic nitrogens is 2. The molecule has 19 heavy (non-hydrogen) atoms. The van der Waals surface area contributed by atoms with Crippen molar-refractivity contribution in [1.29, 1.82) is 0 Å². The van der Waals surface area contributed by atoms with Crippen molar-refractivity contribution < 1.29 is 5.11 Å². The first kappa shape index (κ1) is 12.7. The van der Waals surface area contributed by atoms with Crippen LogP contribution in [-0.2, 0) is 13.5 Å². The van der Waals surface area contributed by atoms with E-state index in [0.717, 1.165) is 11.9 Å². The Kier molecular flexibility index (Phi) is 3.56. The number of hydrogen-bond acceptors (Lipinski definition) is 2. The lowest BCUT2D eigenvalue weighted by Crippen LogP contribution is -2.10. The molecule has 0 atom stereocenters. The highest BCUT2D eigenvalue weighted by molar-refractivity contribution is 5.77. The lowest BCUT2D eigenvalue weighted by atomic mass is 9.89. The molecule has 1 aromatic heterocycles. The van der Waals surface area contributed by atoms with Crippen LogP contribution in [0.15, 0.2) is 18.2 Å². The van der Waals surface area contributed by atoms with Crippen molar-refractivity contribution in [3.05, 3.63) is 29.6 Å². The summed E-state index contributed by atoms with van der Waals surface area (Å²) in [6.07, 6.45) is 7.33. The zero-order valence-corrected chi connectivity index (χ0v) is 11.6. The number of aliphatic hydroxyl groups is 1. The third-order valence-electron chi connectivity index (χ3n) is 4.35. The van der Waals surface area contributed by atoms with Crippen LogP contribution < -0.4 is 0 Å². The SMILES string of the molecule is Cn1c(C2CCCCC2)nc2ccc(CCO)cc21. The van der Waals surface area contributed by atoms with Crippen LogP contribution >= 0.6 is 0 Å². The molecule has 1 fully saturated rings. The largest absolute Gasteiger partial charge is 0.396 e. The summed E-state index contributed by atoms with van der Waals surface area (Å²) in [4.78, 5) is 4.84. The van der Waals surface area contributed by atoms with Crippen molar-refractivity contribution in [1.82, 2.24) is 9.55 Å². The van der Waals surface area contributed by atoms with E-state index in [1.807, 2.05) is 0 Å². The molecule has 0 aliphatic heterocycles. The van der Waals surface area contributed by atoms with E-state index in [1.165, 1.54) is 49.0 Å². The summed E-state index contributed by atoms with van der Waals surface area (Å²) in [5.74, 6) is 1.88. The fourth-order valence-corrected chi connectivity index (χ4v) is 3.26. The van der Waals surface area contributed by atoms with E-state index in [1.54, 1.807) is 0 Å². The van der Waals surface area contributed by atoms with Crippen LogP contribution in [0.1, 0.15) is 49.4 Å². The maximum Gasteiger partial charge on any atom is 0.112 e. The fourth-order valence-electron chi connectivity index (χ4n) is 3.26. The third kappa shape index (κ3) is 2.39. The van der Waals surface area contributed by atoms with Crippen LogP contribution in [0, 0.1) is 0 Å². The molecule has 0 bridgehead atoms. The highest BCUT2D eigenvalue weighted by Crippen LogP contribution is 2.33. The second-order valence-corrected chi connectivity index (χ2v) is 5.66. The van der Waals surface area contributed by atoms with Crippen LogP contribution in [-0.4, -0.2) is 21.3 Å². The summed E-state index contributed by atoms with van der Waals surface area (Å²) in [5, 5.41) is 9.05. The topological polar surface area (TPSA) is 38.0 Å². The molecule has 1 aromatic carbocycles. The minimum absolute atomic E-state index is 0.207. The van der Waals surface area contributed by atoms with Gasteiger partial charge in [0.25, 0.3) is 0 Å². The Bertz CT molecular complexity index is 567. The number of hydrogen-bond donors (Lipinski definition) is 1. The van der Waals surface area contributed by atoms with E-state index >= 15 is 0 Å². The molecular weight excluding hydrogens is 236 g/mol. The first-order valence-corrected chi connectivity index (χ1v) is 7.35. The number of fused-ring (bicyclic) bond motifs is 1. The zero-order valence-electron chi connectivity index (χ0n) is 11.6. The second kappa shape index (κ2) is 5.33. The van der Waals surface area contributed by atoms with Crippen LogP contribution in [0.5, 0.6) is 0 Å². The predicted molar refractivity (Wildman–Crippen MR) is 77.3 cm³/mol. The Morgan fingerprint density at radius 3 is 2.79 bits per heavy atom. The van der Waals surface area contributed by atoms with E-state index in [4.69, 9.17) is 10.1 Å². The number of imidazole rings is 1. The molecule has 3 rings (SSSR count). The normalized spacial score (nSPS) is 17.2. The molecule has 102 valence electrons. The number of aliphatic hydroxyl groups excluding tert-OH is 1. The third-order valence-corrected chi connectivity index (χ3v) is 4.35. The first-order valence-electron chi connectivity index (χ1n) is 7.35. The summed E-state index contributed by atoms with van der Waals surface area (Å²) in [6, 6.07) is 6.34. The van der Waals surface area contributed by atoms with Gasteiger partial charge < -0.3 is 9.67 Å². The molecule has 3 heteroatoms. The fraction of sp³-hybridized carbons (Fsp3) is 0.562. The minimum Gasteiger partial charge on any atom is -0.396 e. The molecule has 0 amide bonds. The standard InChI is InChI=1S/C16H22N2O/c1-18-15-11-12(9-10-19)7-8-14(15)17-16(18)13-5-3-2-4-6-13/h7-8,11,13,19H,2-6,9-10H2,1H3. The number of rotatable bonds is 3. The van der Waals surface area contributed by atoms with Crippen molar-refractivity contribution in [3.63, 3.8) is 0 Å². The summed E-state index contributed by atoms with van der Waals surface area (Å²) in [6.45, 7) is 0.207. The Morgan fingerprint density at radius 2 is 2.05 bits per heavy atom. The first-order chi connectivity index (χ1) is 9.29. The molecule has 1 heterocycles. The van der Waals surface area contributed by atoms with Gasteiger partial charge >= 0.3 is 0 Å². The average molecular weight is 258 g/mol. The highest BCUT2D eigenvalue weighted by atomic mass is 16.2. The predicted octanol–water partition coefficient (Wildman–Crippen LogP) is 3.16. The molecule has 1 saturated carbocycles. The van der Waals surface area contributed by atoms with Gasteiger partial charge in [0, 0.05) is 19.6 Å². The summed E-state index contributed by atoms with van der Waals surface area (Å²) in [7, 11) is 2.13. The molecule has 1 aliphatic carbocycles. The molecule has 0 spiro atoms. The van der Waals surface area contributed by atoms with Crippen molar-refractivity contribution in [3.8, 4) is 0 Å². The van der Waals surface area contributed by atoms with Gasteiger partial charge in [-0.3, -0.25) is 0 Å². The number of nitrogens with zero attached hydrogens (tertiary/aromatic N) is 2. The van der Waals surface area contributed by atoms with Gasteiger partial charge in [0.1, 0.15) is 5.82 Å². The maximum absolute atomic E-state index is 9.05. The minimum atomic E-state index is 0.207. The molecule has 2 aromatic rings. The zero-order chi connectivity index (χ0) is 13.2. The van der Waals surface area contributed by atoms with E-state index < -0.39 is 0 Å². The van der Waals surface area contributed by atoms with Crippen molar-refractivity contribution in [2.24, 2.45) is 7.05 Å². The van der Waals surface area contributed by atoms with Gasteiger partial charge in [-0.2, -0.15) is 0 Å². The van der Waals surface area contributed by atoms with Gasteiger partial charge in [0.2, 0.25) is 0 Å².